The zero-order valence-corrected chi connectivity index (χ0v) is 11.1. The van der Waals surface area contributed by atoms with E-state index in [1.165, 1.54) is 0 Å². The van der Waals surface area contributed by atoms with Crippen LogP contribution < -0.4 is 9.47 Å². The SMILES string of the molecule is CCCOc1ccc(OCC(C)(C)C(=O)O)cc1. The van der Waals surface area contributed by atoms with E-state index in [9.17, 15) is 4.79 Å². The number of carbonyl (C=O) groups is 1. The average molecular weight is 252 g/mol. The van der Waals surface area contributed by atoms with Gasteiger partial charge in [0.15, 0.2) is 0 Å². The Labute approximate surface area is 108 Å². The first kappa shape index (κ1) is 14.4. The number of carboxylic acids is 1. The molecule has 0 amide bonds. The zero-order valence-electron chi connectivity index (χ0n) is 11.1. The van der Waals surface area contributed by atoms with Gasteiger partial charge in [-0.25, -0.2) is 0 Å². The Morgan fingerprint density at radius 2 is 1.67 bits per heavy atom. The van der Waals surface area contributed by atoms with Gasteiger partial charge in [0.1, 0.15) is 18.1 Å². The van der Waals surface area contributed by atoms with Crippen molar-refractivity contribution in [3.8, 4) is 11.5 Å². The van der Waals surface area contributed by atoms with Gasteiger partial charge < -0.3 is 14.6 Å². The van der Waals surface area contributed by atoms with E-state index >= 15 is 0 Å². The number of carboxylic acid groups (broad SMARTS) is 1. The van der Waals surface area contributed by atoms with Gasteiger partial charge in [-0.15, -0.1) is 0 Å². The smallest absolute Gasteiger partial charge is 0.312 e. The molecule has 1 aromatic carbocycles. The topological polar surface area (TPSA) is 55.8 Å². The van der Waals surface area contributed by atoms with Crippen molar-refractivity contribution in [1.82, 2.24) is 0 Å². The van der Waals surface area contributed by atoms with Crippen LogP contribution >= 0.6 is 0 Å². The van der Waals surface area contributed by atoms with Crippen molar-refractivity contribution < 1.29 is 19.4 Å². The first-order valence-corrected chi connectivity index (χ1v) is 6.05. The summed E-state index contributed by atoms with van der Waals surface area (Å²) in [7, 11) is 0. The average Bonchev–Trinajstić information content (AvgIpc) is 2.35. The molecule has 0 radical (unpaired) electrons. The van der Waals surface area contributed by atoms with E-state index in [1.807, 2.05) is 19.1 Å². The summed E-state index contributed by atoms with van der Waals surface area (Å²) in [4.78, 5) is 10.9. The fourth-order valence-corrected chi connectivity index (χ4v) is 1.18. The van der Waals surface area contributed by atoms with Crippen LogP contribution in [0.25, 0.3) is 0 Å². The van der Waals surface area contributed by atoms with E-state index in [1.54, 1.807) is 26.0 Å². The highest BCUT2D eigenvalue weighted by atomic mass is 16.5. The Hall–Kier alpha value is -1.71. The largest absolute Gasteiger partial charge is 0.494 e. The third kappa shape index (κ3) is 4.28. The molecule has 1 rings (SSSR count). The molecule has 1 N–H and O–H groups in total. The Balaban J connectivity index is 2.51. The van der Waals surface area contributed by atoms with Crippen molar-refractivity contribution in [2.75, 3.05) is 13.2 Å². The van der Waals surface area contributed by atoms with Crippen molar-refractivity contribution >= 4 is 5.97 Å². The van der Waals surface area contributed by atoms with E-state index < -0.39 is 11.4 Å². The molecule has 0 saturated carbocycles. The van der Waals surface area contributed by atoms with Gasteiger partial charge >= 0.3 is 5.97 Å². The number of benzene rings is 1. The van der Waals surface area contributed by atoms with Crippen molar-refractivity contribution in [3.05, 3.63) is 24.3 Å². The molecule has 0 spiro atoms. The Morgan fingerprint density at radius 3 is 2.11 bits per heavy atom. The molecule has 0 fully saturated rings. The van der Waals surface area contributed by atoms with Crippen LogP contribution in [0.15, 0.2) is 24.3 Å². The van der Waals surface area contributed by atoms with Crippen molar-refractivity contribution in [1.29, 1.82) is 0 Å². The molecule has 0 atom stereocenters. The van der Waals surface area contributed by atoms with Gasteiger partial charge in [-0.2, -0.15) is 0 Å². The standard InChI is InChI=1S/C14H20O4/c1-4-9-17-11-5-7-12(8-6-11)18-10-14(2,3)13(15)16/h5-8H,4,9-10H2,1-3H3,(H,15,16). The van der Waals surface area contributed by atoms with Crippen molar-refractivity contribution in [3.63, 3.8) is 0 Å². The van der Waals surface area contributed by atoms with Crippen molar-refractivity contribution in [2.24, 2.45) is 5.41 Å². The maximum absolute atomic E-state index is 10.9. The maximum atomic E-state index is 10.9. The Bertz CT molecular complexity index is 381. The maximum Gasteiger partial charge on any atom is 0.312 e. The highest BCUT2D eigenvalue weighted by Crippen LogP contribution is 2.21. The van der Waals surface area contributed by atoms with Gasteiger partial charge in [-0.05, 0) is 44.5 Å². The molecule has 0 aliphatic heterocycles. The Kier molecular flexibility index (Phi) is 5.01. The second kappa shape index (κ2) is 6.28. The van der Waals surface area contributed by atoms with E-state index in [4.69, 9.17) is 14.6 Å². The lowest BCUT2D eigenvalue weighted by molar-refractivity contribution is -0.148. The Morgan fingerprint density at radius 1 is 1.17 bits per heavy atom. The van der Waals surface area contributed by atoms with Crippen LogP contribution in [0.5, 0.6) is 11.5 Å². The molecule has 1 aromatic rings. The number of aliphatic carboxylic acids is 1. The molecule has 4 nitrogen and oxygen atoms in total. The summed E-state index contributed by atoms with van der Waals surface area (Å²) in [5, 5.41) is 8.96. The molecule has 0 bridgehead atoms. The fraction of sp³-hybridized carbons (Fsp3) is 0.500. The first-order valence-electron chi connectivity index (χ1n) is 6.05. The van der Waals surface area contributed by atoms with E-state index in [0.29, 0.717) is 12.4 Å². The minimum atomic E-state index is -0.891. The van der Waals surface area contributed by atoms with E-state index in [-0.39, 0.29) is 6.61 Å². The summed E-state index contributed by atoms with van der Waals surface area (Å²) in [5.41, 5.74) is -0.891. The second-order valence-electron chi connectivity index (χ2n) is 4.80. The molecule has 4 heteroatoms. The number of hydrogen-bond donors (Lipinski definition) is 1. The lowest BCUT2D eigenvalue weighted by atomic mass is 9.95. The van der Waals surface area contributed by atoms with E-state index in [2.05, 4.69) is 0 Å². The molecular formula is C14H20O4. The predicted octanol–water partition coefficient (Wildman–Crippen LogP) is 2.97. The minimum absolute atomic E-state index is 0.136. The summed E-state index contributed by atoms with van der Waals surface area (Å²) in [6.07, 6.45) is 0.963. The normalized spacial score (nSPS) is 11.1. The molecule has 0 aliphatic carbocycles. The molecule has 0 aromatic heterocycles. The summed E-state index contributed by atoms with van der Waals surface area (Å²) >= 11 is 0. The summed E-state index contributed by atoms with van der Waals surface area (Å²) in [6.45, 7) is 6.14. The van der Waals surface area contributed by atoms with Gasteiger partial charge in [0, 0.05) is 0 Å². The van der Waals surface area contributed by atoms with Crippen LogP contribution in [-0.4, -0.2) is 24.3 Å². The van der Waals surface area contributed by atoms with Gasteiger partial charge in [-0.1, -0.05) is 6.92 Å². The van der Waals surface area contributed by atoms with Crippen LogP contribution in [0.3, 0.4) is 0 Å². The minimum Gasteiger partial charge on any atom is -0.494 e. The molecule has 18 heavy (non-hydrogen) atoms. The molecular weight excluding hydrogens is 232 g/mol. The van der Waals surface area contributed by atoms with Crippen LogP contribution in [0.2, 0.25) is 0 Å². The van der Waals surface area contributed by atoms with Crippen LogP contribution in [0.4, 0.5) is 0 Å². The number of hydrogen-bond acceptors (Lipinski definition) is 3. The molecule has 100 valence electrons. The number of rotatable bonds is 7. The summed E-state index contributed by atoms with van der Waals surface area (Å²) < 4.78 is 10.9. The molecule has 0 saturated heterocycles. The highest BCUT2D eigenvalue weighted by molar-refractivity contribution is 5.73. The predicted molar refractivity (Wildman–Crippen MR) is 69.1 cm³/mol. The number of ether oxygens (including phenoxy) is 2. The van der Waals surface area contributed by atoms with Gasteiger partial charge in [-0.3, -0.25) is 4.79 Å². The third-order valence-corrected chi connectivity index (χ3v) is 2.48. The lowest BCUT2D eigenvalue weighted by Crippen LogP contribution is -2.30. The monoisotopic (exact) mass is 252 g/mol. The molecule has 0 heterocycles. The van der Waals surface area contributed by atoms with Crippen LogP contribution in [0.1, 0.15) is 27.2 Å². The summed E-state index contributed by atoms with van der Waals surface area (Å²) in [6, 6.07) is 7.20. The third-order valence-electron chi connectivity index (χ3n) is 2.48. The quantitative estimate of drug-likeness (QED) is 0.810. The first-order chi connectivity index (χ1) is 8.45. The van der Waals surface area contributed by atoms with Gasteiger partial charge in [0.05, 0.1) is 12.0 Å². The molecule has 0 unspecified atom stereocenters. The van der Waals surface area contributed by atoms with E-state index in [0.717, 1.165) is 12.2 Å². The summed E-state index contributed by atoms with van der Waals surface area (Å²) in [5.74, 6) is 0.570. The van der Waals surface area contributed by atoms with Gasteiger partial charge in [0.2, 0.25) is 0 Å². The fourth-order valence-electron chi connectivity index (χ4n) is 1.18. The van der Waals surface area contributed by atoms with Crippen LogP contribution in [0, 0.1) is 5.41 Å². The molecule has 0 aliphatic rings. The van der Waals surface area contributed by atoms with Gasteiger partial charge in [0.25, 0.3) is 0 Å². The van der Waals surface area contributed by atoms with Crippen molar-refractivity contribution in [2.45, 2.75) is 27.2 Å². The van der Waals surface area contributed by atoms with Crippen LogP contribution in [-0.2, 0) is 4.79 Å². The second-order valence-corrected chi connectivity index (χ2v) is 4.80. The highest BCUT2D eigenvalue weighted by Gasteiger charge is 2.28. The zero-order chi connectivity index (χ0) is 13.6. The lowest BCUT2D eigenvalue weighted by Gasteiger charge is -2.19.